The SMILES string of the molecule is Cc1ccc(CN(CC(=O)Nc2cccc([N+](=O)[O-])c2C)S(C)(=O)=O)cc1. The lowest BCUT2D eigenvalue weighted by Gasteiger charge is -2.20. The van der Waals surface area contributed by atoms with Gasteiger partial charge in [0.2, 0.25) is 15.9 Å². The van der Waals surface area contributed by atoms with Gasteiger partial charge in [-0.25, -0.2) is 8.42 Å². The first-order chi connectivity index (χ1) is 12.6. The Kier molecular flexibility index (Phi) is 6.29. The Morgan fingerprint density at radius 2 is 1.78 bits per heavy atom. The summed E-state index contributed by atoms with van der Waals surface area (Å²) in [5.74, 6) is -0.573. The maximum Gasteiger partial charge on any atom is 0.274 e. The number of anilines is 1. The van der Waals surface area contributed by atoms with Gasteiger partial charge in [0.15, 0.2) is 0 Å². The number of carbonyl (C=O) groups excluding carboxylic acids is 1. The highest BCUT2D eigenvalue weighted by atomic mass is 32.2. The normalized spacial score (nSPS) is 11.4. The molecule has 27 heavy (non-hydrogen) atoms. The molecule has 8 nitrogen and oxygen atoms in total. The molecular formula is C18H21N3O5S. The molecular weight excluding hydrogens is 370 g/mol. The van der Waals surface area contributed by atoms with E-state index >= 15 is 0 Å². The monoisotopic (exact) mass is 391 g/mol. The molecule has 1 amide bonds. The molecule has 0 heterocycles. The molecule has 0 aliphatic carbocycles. The minimum absolute atomic E-state index is 0.0560. The summed E-state index contributed by atoms with van der Waals surface area (Å²) in [7, 11) is -3.63. The van der Waals surface area contributed by atoms with E-state index in [-0.39, 0.29) is 17.9 Å². The Labute approximate surface area is 158 Å². The standard InChI is InChI=1S/C18H21N3O5S/c1-13-7-9-15(10-8-13)11-20(27(3,25)26)12-18(22)19-16-5-4-6-17(14(16)2)21(23)24/h4-10H,11-12H2,1-3H3,(H,19,22). The Morgan fingerprint density at radius 3 is 2.33 bits per heavy atom. The Bertz CT molecular complexity index is 955. The van der Waals surface area contributed by atoms with Gasteiger partial charge < -0.3 is 5.32 Å². The van der Waals surface area contributed by atoms with E-state index in [2.05, 4.69) is 5.32 Å². The van der Waals surface area contributed by atoms with Crippen LogP contribution >= 0.6 is 0 Å². The third kappa shape index (κ3) is 5.60. The van der Waals surface area contributed by atoms with Crippen LogP contribution in [0.25, 0.3) is 0 Å². The number of benzene rings is 2. The largest absolute Gasteiger partial charge is 0.324 e. The van der Waals surface area contributed by atoms with Crippen LogP contribution < -0.4 is 5.32 Å². The van der Waals surface area contributed by atoms with E-state index in [1.54, 1.807) is 12.1 Å². The maximum absolute atomic E-state index is 12.4. The van der Waals surface area contributed by atoms with Gasteiger partial charge in [-0.2, -0.15) is 4.31 Å². The molecule has 0 spiro atoms. The number of rotatable bonds is 7. The number of nitro groups is 1. The van der Waals surface area contributed by atoms with Gasteiger partial charge in [0.05, 0.1) is 29.0 Å². The van der Waals surface area contributed by atoms with E-state index in [1.807, 2.05) is 19.1 Å². The molecule has 9 heteroatoms. The molecule has 0 aliphatic heterocycles. The fourth-order valence-electron chi connectivity index (χ4n) is 2.49. The summed E-state index contributed by atoms with van der Waals surface area (Å²) < 4.78 is 25.2. The van der Waals surface area contributed by atoms with Crippen LogP contribution in [0.5, 0.6) is 0 Å². The minimum Gasteiger partial charge on any atom is -0.324 e. The van der Waals surface area contributed by atoms with Crippen LogP contribution in [0.1, 0.15) is 16.7 Å². The first-order valence-electron chi connectivity index (χ1n) is 8.12. The molecule has 0 saturated carbocycles. The van der Waals surface area contributed by atoms with Crippen molar-refractivity contribution in [2.75, 3.05) is 18.1 Å². The number of amides is 1. The third-order valence-corrected chi connectivity index (χ3v) is 5.24. The topological polar surface area (TPSA) is 110 Å². The van der Waals surface area contributed by atoms with Crippen molar-refractivity contribution in [2.24, 2.45) is 0 Å². The van der Waals surface area contributed by atoms with Crippen molar-refractivity contribution >= 4 is 27.3 Å². The lowest BCUT2D eigenvalue weighted by Crippen LogP contribution is -2.37. The van der Waals surface area contributed by atoms with Crippen LogP contribution in [0.4, 0.5) is 11.4 Å². The van der Waals surface area contributed by atoms with Gasteiger partial charge in [-0.15, -0.1) is 0 Å². The van der Waals surface area contributed by atoms with Gasteiger partial charge in [-0.05, 0) is 25.5 Å². The smallest absolute Gasteiger partial charge is 0.274 e. The second-order valence-electron chi connectivity index (χ2n) is 6.27. The van der Waals surface area contributed by atoms with E-state index in [1.165, 1.54) is 25.1 Å². The third-order valence-electron chi connectivity index (χ3n) is 4.04. The number of sulfonamides is 1. The molecule has 0 aromatic heterocycles. The van der Waals surface area contributed by atoms with Gasteiger partial charge in [0.25, 0.3) is 5.69 Å². The van der Waals surface area contributed by atoms with Crippen LogP contribution in [-0.2, 0) is 21.4 Å². The van der Waals surface area contributed by atoms with Crippen molar-refractivity contribution in [1.29, 1.82) is 0 Å². The number of carbonyl (C=O) groups is 1. The summed E-state index contributed by atoms with van der Waals surface area (Å²) in [6.07, 6.45) is 1.03. The molecule has 0 unspecified atom stereocenters. The molecule has 0 aliphatic rings. The molecule has 2 aromatic carbocycles. The number of hydrogen-bond acceptors (Lipinski definition) is 5. The lowest BCUT2D eigenvalue weighted by atomic mass is 10.1. The number of nitrogens with zero attached hydrogens (tertiary/aromatic N) is 2. The molecule has 0 saturated heterocycles. The van der Waals surface area contributed by atoms with Crippen molar-refractivity contribution in [3.63, 3.8) is 0 Å². The second kappa shape index (κ2) is 8.28. The maximum atomic E-state index is 12.4. The fourth-order valence-corrected chi connectivity index (χ4v) is 3.23. The summed E-state index contributed by atoms with van der Waals surface area (Å²) in [5.41, 5.74) is 2.26. The summed E-state index contributed by atoms with van der Waals surface area (Å²) in [4.78, 5) is 22.8. The molecule has 2 aromatic rings. The molecule has 0 atom stereocenters. The quantitative estimate of drug-likeness (QED) is 0.576. The predicted molar refractivity (Wildman–Crippen MR) is 103 cm³/mol. The minimum atomic E-state index is -3.63. The van der Waals surface area contributed by atoms with Gasteiger partial charge in [0, 0.05) is 12.6 Å². The van der Waals surface area contributed by atoms with Gasteiger partial charge in [0.1, 0.15) is 0 Å². The van der Waals surface area contributed by atoms with E-state index in [0.717, 1.165) is 21.7 Å². The average molecular weight is 391 g/mol. The van der Waals surface area contributed by atoms with Crippen LogP contribution in [0.3, 0.4) is 0 Å². The Balaban J connectivity index is 2.16. The number of nitrogens with one attached hydrogen (secondary N) is 1. The number of aryl methyl sites for hydroxylation is 1. The molecule has 144 valence electrons. The predicted octanol–water partition coefficient (Wildman–Crippen LogP) is 2.61. The van der Waals surface area contributed by atoms with E-state index < -0.39 is 27.4 Å². The van der Waals surface area contributed by atoms with Crippen molar-refractivity contribution in [3.05, 3.63) is 69.3 Å². The van der Waals surface area contributed by atoms with E-state index in [4.69, 9.17) is 0 Å². The van der Waals surface area contributed by atoms with Gasteiger partial charge >= 0.3 is 0 Å². The van der Waals surface area contributed by atoms with Crippen LogP contribution in [0.15, 0.2) is 42.5 Å². The van der Waals surface area contributed by atoms with Crippen molar-refractivity contribution in [3.8, 4) is 0 Å². The summed E-state index contributed by atoms with van der Waals surface area (Å²) >= 11 is 0. The lowest BCUT2D eigenvalue weighted by molar-refractivity contribution is -0.385. The van der Waals surface area contributed by atoms with Crippen LogP contribution in [0, 0.1) is 24.0 Å². The first kappa shape index (κ1) is 20.5. The van der Waals surface area contributed by atoms with Gasteiger partial charge in [-0.3, -0.25) is 14.9 Å². The summed E-state index contributed by atoms with van der Waals surface area (Å²) in [6.45, 7) is 3.11. The highest BCUT2D eigenvalue weighted by Crippen LogP contribution is 2.25. The number of hydrogen-bond donors (Lipinski definition) is 1. The van der Waals surface area contributed by atoms with E-state index in [9.17, 15) is 23.3 Å². The molecule has 2 rings (SSSR count). The summed E-state index contributed by atoms with van der Waals surface area (Å²) in [6, 6.07) is 11.7. The molecule has 1 N–H and O–H groups in total. The molecule has 0 fully saturated rings. The average Bonchev–Trinajstić information content (AvgIpc) is 2.57. The zero-order valence-electron chi connectivity index (χ0n) is 15.3. The van der Waals surface area contributed by atoms with Crippen molar-refractivity contribution in [2.45, 2.75) is 20.4 Å². The Hall–Kier alpha value is -2.78. The summed E-state index contributed by atoms with van der Waals surface area (Å²) in [5, 5.41) is 13.6. The highest BCUT2D eigenvalue weighted by molar-refractivity contribution is 7.88. The van der Waals surface area contributed by atoms with Crippen molar-refractivity contribution in [1.82, 2.24) is 4.31 Å². The fraction of sp³-hybridized carbons (Fsp3) is 0.278. The molecule has 0 radical (unpaired) electrons. The second-order valence-corrected chi connectivity index (χ2v) is 8.25. The van der Waals surface area contributed by atoms with Crippen molar-refractivity contribution < 1.29 is 18.1 Å². The highest BCUT2D eigenvalue weighted by Gasteiger charge is 2.22. The van der Waals surface area contributed by atoms with Crippen LogP contribution in [0.2, 0.25) is 0 Å². The number of nitro benzene ring substituents is 1. The first-order valence-corrected chi connectivity index (χ1v) is 9.97. The molecule has 0 bridgehead atoms. The van der Waals surface area contributed by atoms with Gasteiger partial charge in [-0.1, -0.05) is 35.9 Å². The zero-order chi connectivity index (χ0) is 20.2. The van der Waals surface area contributed by atoms with Crippen LogP contribution in [-0.4, -0.2) is 36.4 Å². The zero-order valence-corrected chi connectivity index (χ0v) is 16.1. The van der Waals surface area contributed by atoms with E-state index in [0.29, 0.717) is 5.56 Å². The Morgan fingerprint density at radius 1 is 1.15 bits per heavy atom.